The molecule has 17 heavy (non-hydrogen) atoms. The van der Waals surface area contributed by atoms with Crippen molar-refractivity contribution in [1.82, 2.24) is 14.8 Å². The fourth-order valence-electron chi connectivity index (χ4n) is 2.50. The predicted octanol–water partition coefficient (Wildman–Crippen LogP) is 1.99. The summed E-state index contributed by atoms with van der Waals surface area (Å²) in [5.41, 5.74) is 1.38. The molecule has 96 valence electrons. The maximum absolute atomic E-state index is 3.53. The van der Waals surface area contributed by atoms with Crippen LogP contribution in [0, 0.1) is 0 Å². The first kappa shape index (κ1) is 12.7. The Morgan fingerprint density at radius 2 is 1.94 bits per heavy atom. The molecule has 1 aliphatic heterocycles. The lowest BCUT2D eigenvalue weighted by Crippen LogP contribution is -2.32. The van der Waals surface area contributed by atoms with E-state index >= 15 is 0 Å². The molecule has 1 aromatic rings. The summed E-state index contributed by atoms with van der Waals surface area (Å²) in [7, 11) is 2.07. The van der Waals surface area contributed by atoms with E-state index in [1.807, 2.05) is 0 Å². The number of nitrogens with zero attached hydrogens (tertiary/aromatic N) is 2. The van der Waals surface area contributed by atoms with Crippen molar-refractivity contribution in [2.45, 2.75) is 32.2 Å². The maximum Gasteiger partial charge on any atom is 0.0221 e. The van der Waals surface area contributed by atoms with E-state index in [1.54, 1.807) is 0 Å². The van der Waals surface area contributed by atoms with Gasteiger partial charge in [-0.15, -0.1) is 0 Å². The second kappa shape index (κ2) is 6.82. The van der Waals surface area contributed by atoms with Gasteiger partial charge in [0, 0.05) is 39.1 Å². The molecule has 0 spiro atoms. The Morgan fingerprint density at radius 1 is 1.18 bits per heavy atom. The van der Waals surface area contributed by atoms with Gasteiger partial charge in [0.15, 0.2) is 0 Å². The van der Waals surface area contributed by atoms with Gasteiger partial charge < -0.3 is 14.8 Å². The van der Waals surface area contributed by atoms with Gasteiger partial charge in [-0.05, 0) is 37.6 Å². The molecule has 0 radical (unpaired) electrons. The molecule has 0 unspecified atom stereocenters. The minimum Gasteiger partial charge on any atom is -0.357 e. The summed E-state index contributed by atoms with van der Waals surface area (Å²) in [5, 5.41) is 3.53. The van der Waals surface area contributed by atoms with Crippen molar-refractivity contribution in [2.24, 2.45) is 7.05 Å². The van der Waals surface area contributed by atoms with E-state index in [0.29, 0.717) is 0 Å². The molecule has 0 atom stereocenters. The topological polar surface area (TPSA) is 20.2 Å². The highest BCUT2D eigenvalue weighted by molar-refractivity contribution is 5.09. The van der Waals surface area contributed by atoms with Crippen LogP contribution in [0.1, 0.15) is 31.2 Å². The Balaban J connectivity index is 1.59. The molecule has 3 nitrogen and oxygen atoms in total. The molecule has 3 heteroatoms. The van der Waals surface area contributed by atoms with Crippen molar-refractivity contribution >= 4 is 0 Å². The van der Waals surface area contributed by atoms with Gasteiger partial charge in [0.25, 0.3) is 0 Å². The number of aryl methyl sites for hydroxylation is 1. The van der Waals surface area contributed by atoms with E-state index in [9.17, 15) is 0 Å². The van der Waals surface area contributed by atoms with Crippen LogP contribution < -0.4 is 5.32 Å². The molecule has 0 aromatic carbocycles. The molecule has 2 heterocycles. The molecule has 1 N–H and O–H groups in total. The van der Waals surface area contributed by atoms with Crippen molar-refractivity contribution in [3.05, 3.63) is 24.0 Å². The Morgan fingerprint density at radius 3 is 2.59 bits per heavy atom. The Labute approximate surface area is 105 Å². The minimum absolute atomic E-state index is 0.995. The standard InChI is InChI=1S/C14H25N3/c1-16-10-6-14(13-16)12-15-7-11-17-8-4-2-3-5-9-17/h6,10,13,15H,2-5,7-9,11-12H2,1H3. The monoisotopic (exact) mass is 235 g/mol. The van der Waals surface area contributed by atoms with Crippen LogP contribution in [0.4, 0.5) is 0 Å². The van der Waals surface area contributed by atoms with E-state index in [0.717, 1.165) is 13.1 Å². The van der Waals surface area contributed by atoms with E-state index in [2.05, 4.69) is 40.3 Å². The van der Waals surface area contributed by atoms with Crippen LogP contribution in [-0.2, 0) is 13.6 Å². The summed E-state index contributed by atoms with van der Waals surface area (Å²) in [6.45, 7) is 5.90. The Hall–Kier alpha value is -0.800. The normalized spacial score (nSPS) is 18.2. The molecule has 0 amide bonds. The summed E-state index contributed by atoms with van der Waals surface area (Å²) < 4.78 is 2.10. The van der Waals surface area contributed by atoms with Crippen LogP contribution in [0.3, 0.4) is 0 Å². The van der Waals surface area contributed by atoms with Crippen molar-refractivity contribution in [2.75, 3.05) is 26.2 Å². The molecule has 2 rings (SSSR count). The van der Waals surface area contributed by atoms with Crippen molar-refractivity contribution < 1.29 is 0 Å². The zero-order valence-electron chi connectivity index (χ0n) is 11.0. The number of nitrogens with one attached hydrogen (secondary N) is 1. The van der Waals surface area contributed by atoms with Gasteiger partial charge in [0.1, 0.15) is 0 Å². The zero-order chi connectivity index (χ0) is 11.9. The summed E-state index contributed by atoms with van der Waals surface area (Å²) >= 11 is 0. The summed E-state index contributed by atoms with van der Waals surface area (Å²) in [6, 6.07) is 2.18. The summed E-state index contributed by atoms with van der Waals surface area (Å²) in [4.78, 5) is 2.60. The molecule has 0 aliphatic carbocycles. The third-order valence-electron chi connectivity index (χ3n) is 3.53. The average Bonchev–Trinajstić information content (AvgIpc) is 2.59. The number of hydrogen-bond acceptors (Lipinski definition) is 2. The van der Waals surface area contributed by atoms with Gasteiger partial charge in [-0.2, -0.15) is 0 Å². The maximum atomic E-state index is 3.53. The van der Waals surface area contributed by atoms with E-state index in [1.165, 1.54) is 50.9 Å². The minimum atomic E-state index is 0.995. The number of aromatic nitrogens is 1. The van der Waals surface area contributed by atoms with Crippen molar-refractivity contribution in [3.8, 4) is 0 Å². The van der Waals surface area contributed by atoms with Gasteiger partial charge in [-0.3, -0.25) is 0 Å². The first-order valence-corrected chi connectivity index (χ1v) is 6.88. The molecular weight excluding hydrogens is 210 g/mol. The van der Waals surface area contributed by atoms with Gasteiger partial charge in [0.05, 0.1) is 0 Å². The average molecular weight is 235 g/mol. The second-order valence-corrected chi connectivity index (χ2v) is 5.12. The SMILES string of the molecule is Cn1ccc(CNCCN2CCCCCC2)c1. The fourth-order valence-corrected chi connectivity index (χ4v) is 2.50. The number of likely N-dealkylation sites (tertiary alicyclic amines) is 1. The Bertz CT molecular complexity index is 311. The highest BCUT2D eigenvalue weighted by Crippen LogP contribution is 2.08. The number of hydrogen-bond donors (Lipinski definition) is 1. The lowest BCUT2D eigenvalue weighted by molar-refractivity contribution is 0.284. The second-order valence-electron chi connectivity index (χ2n) is 5.12. The van der Waals surface area contributed by atoms with E-state index in [4.69, 9.17) is 0 Å². The van der Waals surface area contributed by atoms with E-state index < -0.39 is 0 Å². The summed E-state index contributed by atoms with van der Waals surface area (Å²) in [5.74, 6) is 0. The molecule has 1 aliphatic rings. The quantitative estimate of drug-likeness (QED) is 0.788. The lowest BCUT2D eigenvalue weighted by atomic mass is 10.2. The highest BCUT2D eigenvalue weighted by atomic mass is 15.1. The molecule has 1 fully saturated rings. The van der Waals surface area contributed by atoms with Crippen molar-refractivity contribution in [1.29, 1.82) is 0 Å². The Kier molecular flexibility index (Phi) is 5.08. The predicted molar refractivity (Wildman–Crippen MR) is 72.0 cm³/mol. The lowest BCUT2D eigenvalue weighted by Gasteiger charge is -2.19. The van der Waals surface area contributed by atoms with Gasteiger partial charge in [0.2, 0.25) is 0 Å². The smallest absolute Gasteiger partial charge is 0.0221 e. The van der Waals surface area contributed by atoms with Crippen LogP contribution in [0.2, 0.25) is 0 Å². The molecule has 1 aromatic heterocycles. The van der Waals surface area contributed by atoms with Gasteiger partial charge >= 0.3 is 0 Å². The third kappa shape index (κ3) is 4.52. The van der Waals surface area contributed by atoms with Crippen LogP contribution in [0.15, 0.2) is 18.5 Å². The van der Waals surface area contributed by atoms with E-state index in [-0.39, 0.29) is 0 Å². The largest absolute Gasteiger partial charge is 0.357 e. The number of rotatable bonds is 5. The van der Waals surface area contributed by atoms with Crippen LogP contribution in [-0.4, -0.2) is 35.6 Å². The third-order valence-corrected chi connectivity index (χ3v) is 3.53. The van der Waals surface area contributed by atoms with Gasteiger partial charge in [-0.25, -0.2) is 0 Å². The summed E-state index contributed by atoms with van der Waals surface area (Å²) in [6.07, 6.45) is 9.91. The first-order valence-electron chi connectivity index (χ1n) is 6.88. The van der Waals surface area contributed by atoms with Crippen LogP contribution in [0.25, 0.3) is 0 Å². The van der Waals surface area contributed by atoms with Gasteiger partial charge in [-0.1, -0.05) is 12.8 Å². The fraction of sp³-hybridized carbons (Fsp3) is 0.714. The van der Waals surface area contributed by atoms with Crippen molar-refractivity contribution in [3.63, 3.8) is 0 Å². The zero-order valence-corrected chi connectivity index (χ0v) is 11.0. The highest BCUT2D eigenvalue weighted by Gasteiger charge is 2.07. The van der Waals surface area contributed by atoms with Crippen LogP contribution in [0.5, 0.6) is 0 Å². The van der Waals surface area contributed by atoms with Crippen LogP contribution >= 0.6 is 0 Å². The molecular formula is C14H25N3. The first-order chi connectivity index (χ1) is 8.34. The molecule has 0 saturated carbocycles. The molecule has 0 bridgehead atoms. The molecule has 1 saturated heterocycles.